The van der Waals surface area contributed by atoms with Crippen LogP contribution in [0, 0.1) is 12.3 Å². The number of hydrogen-bond donors (Lipinski definition) is 2. The third-order valence-corrected chi connectivity index (χ3v) is 1.60. The Kier molecular flexibility index (Phi) is 5.56. The monoisotopic (exact) mass is 213 g/mol. The Labute approximate surface area is 86.6 Å². The van der Waals surface area contributed by atoms with Crippen LogP contribution in [0.25, 0.3) is 0 Å². The van der Waals surface area contributed by atoms with E-state index in [0.29, 0.717) is 0 Å². The lowest BCUT2D eigenvalue weighted by Crippen LogP contribution is -2.40. The molecule has 2 N–H and O–H groups in total. The lowest BCUT2D eigenvalue weighted by molar-refractivity contribution is -0.143. The standard InChI is InChI=1S/C9H11NO5/c1-3-7(11)10-6(9(13)14)4-5-8(12)15-2/h1,6H,4-5H2,2H3,(H,10,11)(H,13,14)/t6-/m1/s1. The molecule has 0 saturated heterocycles. The van der Waals surface area contributed by atoms with Gasteiger partial charge < -0.3 is 15.2 Å². The van der Waals surface area contributed by atoms with Crippen LogP contribution < -0.4 is 5.32 Å². The molecule has 0 aromatic carbocycles. The van der Waals surface area contributed by atoms with Gasteiger partial charge in [0.15, 0.2) is 0 Å². The molecule has 82 valence electrons. The number of ether oxygens (including phenoxy) is 1. The van der Waals surface area contributed by atoms with E-state index in [1.807, 2.05) is 0 Å². The quantitative estimate of drug-likeness (QED) is 0.458. The van der Waals surface area contributed by atoms with Gasteiger partial charge in [-0.05, 0) is 12.3 Å². The third kappa shape index (κ3) is 5.31. The molecule has 0 aliphatic heterocycles. The molecule has 0 unspecified atom stereocenters. The third-order valence-electron chi connectivity index (χ3n) is 1.60. The van der Waals surface area contributed by atoms with E-state index < -0.39 is 23.9 Å². The first-order valence-electron chi connectivity index (χ1n) is 4.08. The molecule has 0 fully saturated rings. The fourth-order valence-electron chi connectivity index (χ4n) is 0.822. The van der Waals surface area contributed by atoms with Gasteiger partial charge in [-0.2, -0.15) is 0 Å². The van der Waals surface area contributed by atoms with Crippen molar-refractivity contribution >= 4 is 17.8 Å². The molecule has 0 heterocycles. The summed E-state index contributed by atoms with van der Waals surface area (Å²) in [5.74, 6) is -0.897. The van der Waals surface area contributed by atoms with Crippen LogP contribution in [0.3, 0.4) is 0 Å². The predicted octanol–water partition coefficient (Wildman–Crippen LogP) is -0.858. The molecule has 0 aromatic heterocycles. The number of carbonyl (C=O) groups is 3. The summed E-state index contributed by atoms with van der Waals surface area (Å²) in [7, 11) is 1.19. The number of carbonyl (C=O) groups excluding carboxylic acids is 2. The maximum absolute atomic E-state index is 10.7. The molecule has 0 rings (SSSR count). The Balaban J connectivity index is 4.18. The Bertz CT molecular complexity index is 304. The largest absolute Gasteiger partial charge is 0.480 e. The topological polar surface area (TPSA) is 92.7 Å². The summed E-state index contributed by atoms with van der Waals surface area (Å²) >= 11 is 0. The van der Waals surface area contributed by atoms with Gasteiger partial charge in [-0.25, -0.2) is 4.79 Å². The summed E-state index contributed by atoms with van der Waals surface area (Å²) in [5.41, 5.74) is 0. The average molecular weight is 213 g/mol. The fourth-order valence-corrected chi connectivity index (χ4v) is 0.822. The van der Waals surface area contributed by atoms with Gasteiger partial charge in [0.05, 0.1) is 7.11 Å². The smallest absolute Gasteiger partial charge is 0.326 e. The summed E-state index contributed by atoms with van der Waals surface area (Å²) in [6, 6.07) is -1.17. The van der Waals surface area contributed by atoms with E-state index in [0.717, 1.165) is 0 Å². The summed E-state index contributed by atoms with van der Waals surface area (Å²) in [6.45, 7) is 0. The Morgan fingerprint density at radius 3 is 2.53 bits per heavy atom. The number of methoxy groups -OCH3 is 1. The van der Waals surface area contributed by atoms with Crippen LogP contribution in [0.15, 0.2) is 0 Å². The van der Waals surface area contributed by atoms with Gasteiger partial charge in [-0.15, -0.1) is 6.42 Å². The number of nitrogens with one attached hydrogen (secondary N) is 1. The summed E-state index contributed by atoms with van der Waals surface area (Å²) in [6.07, 6.45) is 4.60. The molecule has 0 aliphatic rings. The SMILES string of the molecule is C#CC(=O)N[C@H](CCC(=O)OC)C(=O)O. The number of aliphatic carboxylic acids is 1. The van der Waals surface area contributed by atoms with Crippen LogP contribution in [-0.2, 0) is 19.1 Å². The Hall–Kier alpha value is -2.03. The van der Waals surface area contributed by atoms with E-state index in [2.05, 4.69) is 10.1 Å². The van der Waals surface area contributed by atoms with Crippen LogP contribution in [0.4, 0.5) is 0 Å². The number of carboxylic acids is 1. The van der Waals surface area contributed by atoms with Gasteiger partial charge >= 0.3 is 11.9 Å². The molecule has 0 saturated carbocycles. The first-order chi connectivity index (χ1) is 7.01. The van der Waals surface area contributed by atoms with E-state index in [9.17, 15) is 14.4 Å². The van der Waals surface area contributed by atoms with Gasteiger partial charge in [0.2, 0.25) is 0 Å². The van der Waals surface area contributed by atoms with E-state index in [4.69, 9.17) is 11.5 Å². The van der Waals surface area contributed by atoms with Crippen LogP contribution in [-0.4, -0.2) is 36.1 Å². The van der Waals surface area contributed by atoms with Crippen LogP contribution >= 0.6 is 0 Å². The molecular weight excluding hydrogens is 202 g/mol. The number of hydrogen-bond acceptors (Lipinski definition) is 4. The number of rotatable bonds is 5. The number of carboxylic acid groups (broad SMARTS) is 1. The number of esters is 1. The van der Waals surface area contributed by atoms with Crippen LogP contribution in [0.2, 0.25) is 0 Å². The van der Waals surface area contributed by atoms with Crippen molar-refractivity contribution < 1.29 is 24.2 Å². The van der Waals surface area contributed by atoms with Crippen LogP contribution in [0.1, 0.15) is 12.8 Å². The normalized spacial score (nSPS) is 10.9. The Morgan fingerprint density at radius 1 is 1.53 bits per heavy atom. The highest BCUT2D eigenvalue weighted by atomic mass is 16.5. The van der Waals surface area contributed by atoms with Crippen molar-refractivity contribution in [3.63, 3.8) is 0 Å². The van der Waals surface area contributed by atoms with E-state index in [1.54, 1.807) is 5.92 Å². The minimum atomic E-state index is -1.25. The lowest BCUT2D eigenvalue weighted by Gasteiger charge is -2.11. The summed E-state index contributed by atoms with van der Waals surface area (Å²) in [4.78, 5) is 32.1. The van der Waals surface area contributed by atoms with E-state index in [1.165, 1.54) is 7.11 Å². The Morgan fingerprint density at radius 2 is 2.13 bits per heavy atom. The molecule has 1 atom stereocenters. The van der Waals surface area contributed by atoms with E-state index in [-0.39, 0.29) is 12.8 Å². The minimum absolute atomic E-state index is 0.0601. The van der Waals surface area contributed by atoms with Gasteiger partial charge in [0, 0.05) is 6.42 Å². The molecule has 0 bridgehead atoms. The maximum Gasteiger partial charge on any atom is 0.326 e. The minimum Gasteiger partial charge on any atom is -0.480 e. The molecule has 6 heteroatoms. The average Bonchev–Trinajstić information content (AvgIpc) is 2.22. The number of amides is 1. The van der Waals surface area contributed by atoms with Crippen molar-refractivity contribution in [1.29, 1.82) is 0 Å². The molecule has 0 aromatic rings. The van der Waals surface area contributed by atoms with Crippen molar-refractivity contribution in [3.8, 4) is 12.3 Å². The number of terminal acetylenes is 1. The predicted molar refractivity (Wildman–Crippen MR) is 49.6 cm³/mol. The van der Waals surface area contributed by atoms with Gasteiger partial charge in [0.1, 0.15) is 6.04 Å². The summed E-state index contributed by atoms with van der Waals surface area (Å²) < 4.78 is 4.33. The van der Waals surface area contributed by atoms with Crippen molar-refractivity contribution in [2.45, 2.75) is 18.9 Å². The van der Waals surface area contributed by atoms with Crippen molar-refractivity contribution in [3.05, 3.63) is 0 Å². The van der Waals surface area contributed by atoms with E-state index >= 15 is 0 Å². The summed E-state index contributed by atoms with van der Waals surface area (Å²) in [5, 5.41) is 10.7. The van der Waals surface area contributed by atoms with Gasteiger partial charge in [-0.1, -0.05) is 0 Å². The zero-order valence-corrected chi connectivity index (χ0v) is 8.15. The molecule has 0 radical (unpaired) electrons. The molecule has 0 spiro atoms. The second kappa shape index (κ2) is 6.43. The molecule has 1 amide bonds. The highest BCUT2D eigenvalue weighted by Crippen LogP contribution is 1.99. The lowest BCUT2D eigenvalue weighted by atomic mass is 10.1. The highest BCUT2D eigenvalue weighted by molar-refractivity contribution is 5.95. The van der Waals surface area contributed by atoms with Gasteiger partial charge in [-0.3, -0.25) is 9.59 Å². The van der Waals surface area contributed by atoms with Crippen LogP contribution in [0.5, 0.6) is 0 Å². The zero-order chi connectivity index (χ0) is 11.8. The van der Waals surface area contributed by atoms with Crippen molar-refractivity contribution in [2.24, 2.45) is 0 Å². The molecular formula is C9H11NO5. The second-order valence-corrected chi connectivity index (χ2v) is 2.62. The molecule has 15 heavy (non-hydrogen) atoms. The fraction of sp³-hybridized carbons (Fsp3) is 0.444. The van der Waals surface area contributed by atoms with Crippen molar-refractivity contribution in [1.82, 2.24) is 5.32 Å². The maximum atomic E-state index is 10.7. The van der Waals surface area contributed by atoms with Crippen molar-refractivity contribution in [2.75, 3.05) is 7.11 Å². The first-order valence-corrected chi connectivity index (χ1v) is 4.08. The second-order valence-electron chi connectivity index (χ2n) is 2.62. The zero-order valence-electron chi connectivity index (χ0n) is 8.15. The van der Waals surface area contributed by atoms with Gasteiger partial charge in [0.25, 0.3) is 5.91 Å². The first kappa shape index (κ1) is 13.0. The molecule has 6 nitrogen and oxygen atoms in total. The highest BCUT2D eigenvalue weighted by Gasteiger charge is 2.20. The molecule has 0 aliphatic carbocycles.